The third-order valence-electron chi connectivity index (χ3n) is 15.8. The van der Waals surface area contributed by atoms with Gasteiger partial charge in [0, 0.05) is 43.1 Å². The van der Waals surface area contributed by atoms with Crippen LogP contribution in [0.5, 0.6) is 0 Å². The van der Waals surface area contributed by atoms with E-state index >= 15 is 0 Å². The Morgan fingerprint density at radius 1 is 0.397 bits per heavy atom. The summed E-state index contributed by atoms with van der Waals surface area (Å²) in [4.78, 5) is 11.4. The van der Waals surface area contributed by atoms with E-state index in [4.69, 9.17) is 9.97 Å². The van der Waals surface area contributed by atoms with Gasteiger partial charge in [0.1, 0.15) is 17.0 Å². The van der Waals surface area contributed by atoms with Crippen LogP contribution in [0, 0.1) is 11.3 Å². The molecule has 0 amide bonds. The summed E-state index contributed by atoms with van der Waals surface area (Å²) in [5, 5.41) is 22.1. The smallest absolute Gasteiger partial charge is 0.307 e. The van der Waals surface area contributed by atoms with Crippen LogP contribution in [-0.2, 0) is 0 Å². The number of benzene rings is 10. The Morgan fingerprint density at radius 2 is 0.782 bits per heavy atom. The van der Waals surface area contributed by atoms with Gasteiger partial charge in [-0.1, -0.05) is 180 Å². The Labute approximate surface area is 446 Å². The number of para-hydroxylation sites is 7. The Bertz CT molecular complexity index is 5140. The van der Waals surface area contributed by atoms with Crippen molar-refractivity contribution in [2.75, 3.05) is 0 Å². The summed E-state index contributed by atoms with van der Waals surface area (Å²) in [6.45, 7) is 4.58. The molecule has 78 heavy (non-hydrogen) atoms. The lowest BCUT2D eigenvalue weighted by Gasteiger charge is -2.25. The number of nitriles is 1. The summed E-state index contributed by atoms with van der Waals surface area (Å²) in [6, 6.07) is 86.1. The largest absolute Gasteiger partial charge is 0.308 e. The molecule has 0 radical (unpaired) electrons. The monoisotopic (exact) mass is 995 g/mol. The fourth-order valence-electron chi connectivity index (χ4n) is 12.7. The maximum Gasteiger partial charge on any atom is 0.308 e. The van der Waals surface area contributed by atoms with Crippen molar-refractivity contribution in [3.8, 4) is 45.9 Å². The van der Waals surface area contributed by atoms with Gasteiger partial charge in [-0.15, -0.1) is 0 Å². The highest BCUT2D eigenvalue weighted by molar-refractivity contribution is 6.19. The molecule has 0 atom stereocenters. The van der Waals surface area contributed by atoms with E-state index in [-0.39, 0.29) is 0 Å². The number of hydrogen-bond donors (Lipinski definition) is 0. The molecule has 16 aromatic rings. The van der Waals surface area contributed by atoms with E-state index in [1.54, 1.807) is 0 Å². The average molecular weight is 996 g/mol. The molecule has 0 spiro atoms. The summed E-state index contributed by atoms with van der Waals surface area (Å²) in [5.74, 6) is 1.22. The van der Waals surface area contributed by atoms with E-state index in [9.17, 15) is 5.26 Å². The number of rotatable bonds is 6. The van der Waals surface area contributed by atoms with Gasteiger partial charge in [0.05, 0.1) is 84.2 Å². The molecule has 10 aromatic carbocycles. The van der Waals surface area contributed by atoms with Crippen LogP contribution in [0.4, 0.5) is 0 Å². The predicted molar refractivity (Wildman–Crippen MR) is 319 cm³/mol. The van der Waals surface area contributed by atoms with Crippen LogP contribution in [0.2, 0.25) is 0 Å². The minimum Gasteiger partial charge on any atom is -0.307 e. The van der Waals surface area contributed by atoms with E-state index in [1.165, 1.54) is 0 Å². The lowest BCUT2D eigenvalue weighted by molar-refractivity contribution is -0.503. The number of aromatic nitrogens is 7. The summed E-state index contributed by atoms with van der Waals surface area (Å²) in [7, 11) is 0. The molecule has 16 rings (SSSR count). The van der Waals surface area contributed by atoms with Crippen molar-refractivity contribution in [1.82, 2.24) is 28.1 Å². The summed E-state index contributed by atoms with van der Waals surface area (Å²) in [6.07, 6.45) is 4.05. The molecule has 8 nitrogen and oxygen atoms in total. The molecule has 0 saturated carbocycles. The van der Waals surface area contributed by atoms with Gasteiger partial charge < -0.3 is 18.1 Å². The molecule has 0 fully saturated rings. The lowest BCUT2D eigenvalue weighted by atomic mass is 10.0. The van der Waals surface area contributed by atoms with Crippen LogP contribution >= 0.6 is 0 Å². The fraction of sp³-hybridized carbons (Fsp3) is 0. The van der Waals surface area contributed by atoms with Gasteiger partial charge in [0.15, 0.2) is 0 Å². The first-order chi connectivity index (χ1) is 38.7. The lowest BCUT2D eigenvalue weighted by Crippen LogP contribution is -2.28. The number of nitrogens with zero attached hydrogens (tertiary/aromatic N) is 8. The first kappa shape index (κ1) is 43.5. The highest BCUT2D eigenvalue weighted by atomic mass is 15.1. The van der Waals surface area contributed by atoms with E-state index in [0.717, 1.165) is 115 Å². The molecule has 0 aliphatic rings. The molecule has 362 valence electrons. The second-order valence-corrected chi connectivity index (χ2v) is 19.8. The van der Waals surface area contributed by atoms with Gasteiger partial charge >= 0.3 is 5.82 Å². The fourth-order valence-corrected chi connectivity index (χ4v) is 12.7. The minimum absolute atomic E-state index is 0.447. The van der Waals surface area contributed by atoms with Crippen LogP contribution in [0.25, 0.3) is 144 Å². The van der Waals surface area contributed by atoms with Crippen LogP contribution in [-0.4, -0.2) is 28.1 Å². The van der Waals surface area contributed by atoms with Crippen LogP contribution in [0.1, 0.15) is 11.3 Å². The number of fused-ring (bicyclic) bond motifs is 18. The van der Waals surface area contributed by atoms with E-state index in [1.807, 2.05) is 30.3 Å². The maximum atomic E-state index is 12.9. The SMILES string of the molecule is C=Cc1c2cc[n+]3c(-c4ccccc4)nc(-c4ccccc4)nc3c3c(-n4c5ccccc5c5ccccc54)c(-n4c5ccccc5c5ccccc54)c(-n4c5ccccc5c5ccccc54)c(C#N)c3n1c1ccccc21. The third-order valence-corrected chi connectivity index (χ3v) is 15.8. The molecule has 0 saturated heterocycles. The van der Waals surface area contributed by atoms with Gasteiger partial charge in [-0.3, -0.25) is 0 Å². The predicted octanol–water partition coefficient (Wildman–Crippen LogP) is 16.5. The van der Waals surface area contributed by atoms with Crippen molar-refractivity contribution in [3.05, 3.63) is 261 Å². The van der Waals surface area contributed by atoms with Gasteiger partial charge in [-0.2, -0.15) is 9.66 Å². The van der Waals surface area contributed by atoms with E-state index in [0.29, 0.717) is 34.1 Å². The van der Waals surface area contributed by atoms with Gasteiger partial charge in [0.2, 0.25) is 0 Å². The molecule has 0 aliphatic heterocycles. The summed E-state index contributed by atoms with van der Waals surface area (Å²) < 4.78 is 11.6. The van der Waals surface area contributed by atoms with Gasteiger partial charge in [-0.25, -0.2) is 0 Å². The Morgan fingerprint density at radius 3 is 1.23 bits per heavy atom. The summed E-state index contributed by atoms with van der Waals surface area (Å²) in [5.41, 5.74) is 13.4. The molecule has 2 bridgehead atoms. The molecule has 0 aliphatic carbocycles. The van der Waals surface area contributed by atoms with Crippen molar-refractivity contribution in [2.45, 2.75) is 0 Å². The third kappa shape index (κ3) is 6.01. The maximum absolute atomic E-state index is 12.9. The molecule has 6 aromatic heterocycles. The van der Waals surface area contributed by atoms with E-state index in [2.05, 4.69) is 254 Å². The summed E-state index contributed by atoms with van der Waals surface area (Å²) >= 11 is 0. The molecule has 0 N–H and O–H groups in total. The molecular formula is C70H43N8+. The molecular weight excluding hydrogens is 953 g/mol. The first-order valence-electron chi connectivity index (χ1n) is 26.2. The van der Waals surface area contributed by atoms with Gasteiger partial charge in [-0.05, 0) is 78.9 Å². The highest BCUT2D eigenvalue weighted by Crippen LogP contribution is 2.49. The Kier molecular flexibility index (Phi) is 9.38. The quantitative estimate of drug-likeness (QED) is 0.156. The van der Waals surface area contributed by atoms with Crippen molar-refractivity contribution >= 4 is 104 Å². The van der Waals surface area contributed by atoms with Crippen molar-refractivity contribution in [3.63, 3.8) is 0 Å². The zero-order valence-corrected chi connectivity index (χ0v) is 42.0. The second kappa shape index (κ2) is 16.8. The molecule has 0 unspecified atom stereocenters. The Balaban J connectivity index is 1.35. The Hall–Kier alpha value is -10.9. The van der Waals surface area contributed by atoms with Crippen LogP contribution < -0.4 is 4.40 Å². The standard InChI is InChI=1S/C70H43N8/c1-2-55-53-41-42-74-69(45-25-7-4-8-26-45)72-68(44-23-5-3-6-24-44)73-70(74)63-64(75(55)56-34-16-15-33-52(53)56)54(43-71)65(76-57-35-17-9-27-46(57)47-28-10-18-36-58(47)76)67(78-61-39-21-13-31-50(61)51-32-14-22-40-62(51)78)66(63)77-59-37-19-11-29-48(59)49-30-12-20-38-60(49)77/h2-42H,1H2/q+1. The molecule has 8 heteroatoms. The normalized spacial score (nSPS) is 11.9. The highest BCUT2D eigenvalue weighted by Gasteiger charge is 2.35. The van der Waals surface area contributed by atoms with Crippen LogP contribution in [0.15, 0.2) is 249 Å². The van der Waals surface area contributed by atoms with Crippen molar-refractivity contribution < 1.29 is 4.40 Å². The molecule has 6 heterocycles. The van der Waals surface area contributed by atoms with Crippen molar-refractivity contribution in [1.29, 1.82) is 5.26 Å². The minimum atomic E-state index is 0.447. The zero-order valence-electron chi connectivity index (χ0n) is 42.0. The number of hydrogen-bond acceptors (Lipinski definition) is 3. The van der Waals surface area contributed by atoms with Crippen molar-refractivity contribution in [2.24, 2.45) is 0 Å². The first-order valence-corrected chi connectivity index (χ1v) is 26.2. The zero-order chi connectivity index (χ0) is 51.6. The van der Waals surface area contributed by atoms with Crippen LogP contribution in [0.3, 0.4) is 0 Å². The second-order valence-electron chi connectivity index (χ2n) is 19.8. The topological polar surface area (TPSA) is 72.9 Å². The van der Waals surface area contributed by atoms with Gasteiger partial charge in [0.25, 0.3) is 11.5 Å². The van der Waals surface area contributed by atoms with E-state index < -0.39 is 0 Å². The average Bonchev–Trinajstić information content (AvgIpc) is 4.36.